The molecule has 15 heteroatoms. The molecule has 9 N–H and O–H groups in total. The molecule has 0 fully saturated rings. The molecule has 0 saturated carbocycles. The zero-order valence-corrected chi connectivity index (χ0v) is 36.2. The van der Waals surface area contributed by atoms with Gasteiger partial charge in [0.1, 0.15) is 17.1 Å². The number of rotatable bonds is 14. The summed E-state index contributed by atoms with van der Waals surface area (Å²) in [5.74, 6) is -10.9. The van der Waals surface area contributed by atoms with Crippen LogP contribution in [0.2, 0.25) is 0 Å². The minimum atomic E-state index is -3.05. The van der Waals surface area contributed by atoms with E-state index in [2.05, 4.69) is 83.4 Å². The fourth-order valence-electron chi connectivity index (χ4n) is 10.1. The van der Waals surface area contributed by atoms with Gasteiger partial charge in [-0.2, -0.15) is 0 Å². The number of benzene rings is 4. The average Bonchev–Trinajstić information content (AvgIpc) is 3.26. The van der Waals surface area contributed by atoms with E-state index >= 15 is 0 Å². The average molecular weight is 877 g/mol. The van der Waals surface area contributed by atoms with Gasteiger partial charge in [0, 0.05) is 11.5 Å². The third kappa shape index (κ3) is 7.71. The van der Waals surface area contributed by atoms with Gasteiger partial charge in [0.25, 0.3) is 5.91 Å². The summed E-state index contributed by atoms with van der Waals surface area (Å²) in [6.07, 6.45) is 0.680. The number of nitrogens with zero attached hydrogens (tertiary/aromatic N) is 1. The third-order valence-corrected chi connectivity index (χ3v) is 18.1. The molecule has 0 saturated heterocycles. The molecule has 0 radical (unpaired) electrons. The second-order valence-electron chi connectivity index (χ2n) is 16.8. The number of anilines is 1. The molecule has 7 rings (SSSR count). The van der Waals surface area contributed by atoms with E-state index in [1.807, 2.05) is 18.2 Å². The van der Waals surface area contributed by atoms with E-state index in [0.717, 1.165) is 12.6 Å². The number of unbranched alkanes of at least 4 members (excludes halogenated alkanes) is 1. The number of phenolic OH excluding ortho intramolecular Hbond substituents is 1. The van der Waals surface area contributed by atoms with Crippen LogP contribution in [0.15, 0.2) is 126 Å². The molecule has 0 heterocycles. The topological polar surface area (TPSA) is 240 Å². The number of likely N-dealkylation sites (N-methyl/N-ethyl adjacent to an activating group) is 1. The van der Waals surface area contributed by atoms with E-state index in [0.29, 0.717) is 6.42 Å². The van der Waals surface area contributed by atoms with Gasteiger partial charge in [0.05, 0.1) is 23.6 Å². The first kappa shape index (κ1) is 44.9. The number of carbonyl (C=O) groups is 5. The van der Waals surface area contributed by atoms with Crippen LogP contribution in [0.25, 0.3) is 0 Å². The van der Waals surface area contributed by atoms with E-state index < -0.39 is 94.6 Å². The van der Waals surface area contributed by atoms with Crippen LogP contribution in [0.5, 0.6) is 5.75 Å². The number of nitrogens with one attached hydrogen (secondary N) is 2. The summed E-state index contributed by atoms with van der Waals surface area (Å²) in [7, 11) is 0.481. The number of aromatic hydroxyl groups is 1. The Morgan fingerprint density at radius 3 is 1.87 bits per heavy atom. The predicted molar refractivity (Wildman–Crippen MR) is 241 cm³/mol. The van der Waals surface area contributed by atoms with Crippen molar-refractivity contribution in [2.45, 2.75) is 56.3 Å². The van der Waals surface area contributed by atoms with Crippen LogP contribution in [-0.4, -0.2) is 104 Å². The summed E-state index contributed by atoms with van der Waals surface area (Å²) in [6.45, 7) is 1.62. The van der Waals surface area contributed by atoms with Crippen molar-refractivity contribution in [3.63, 3.8) is 0 Å². The number of fused-ring (bicyclic) bond motifs is 3. The molecular weight excluding hydrogens is 824 g/mol. The van der Waals surface area contributed by atoms with Crippen molar-refractivity contribution in [1.82, 2.24) is 10.2 Å². The Balaban J connectivity index is 1.01. The van der Waals surface area contributed by atoms with Gasteiger partial charge in [-0.1, -0.05) is 13.0 Å². The summed E-state index contributed by atoms with van der Waals surface area (Å²) in [5, 5.41) is 67.1. The van der Waals surface area contributed by atoms with E-state index in [-0.39, 0.29) is 42.1 Å². The number of hydrogen-bond donors (Lipinski definition) is 8. The zero-order chi connectivity index (χ0) is 45.4. The number of Topliss-reactive ketones (excluding diaryl/α,β-unsaturated/α-hetero) is 2. The number of ketones is 2. The molecular formula is C48H53N4O10P. The van der Waals surface area contributed by atoms with E-state index in [9.17, 15) is 49.5 Å². The number of amides is 3. The first-order valence-corrected chi connectivity index (χ1v) is 23.2. The quantitative estimate of drug-likeness (QED) is 0.0397. The van der Waals surface area contributed by atoms with Crippen molar-refractivity contribution in [3.05, 3.63) is 137 Å². The van der Waals surface area contributed by atoms with Crippen molar-refractivity contribution < 1.29 is 49.5 Å². The van der Waals surface area contributed by atoms with Gasteiger partial charge in [-0.15, -0.1) is 0 Å². The Morgan fingerprint density at radius 1 is 0.794 bits per heavy atom. The van der Waals surface area contributed by atoms with E-state index in [1.54, 1.807) is 6.92 Å². The molecule has 4 aromatic carbocycles. The van der Waals surface area contributed by atoms with Gasteiger partial charge in [-0.3, -0.25) is 19.3 Å². The molecule has 0 unspecified atom stereocenters. The third-order valence-electron chi connectivity index (χ3n) is 13.1. The summed E-state index contributed by atoms with van der Waals surface area (Å²) in [5.41, 5.74) is 0.582. The number of aliphatic hydroxyl groups is 4. The maximum absolute atomic E-state index is 14.2. The van der Waals surface area contributed by atoms with Gasteiger partial charge in [-0.25, -0.2) is 0 Å². The molecule has 63 heavy (non-hydrogen) atoms. The van der Waals surface area contributed by atoms with Crippen LogP contribution in [-0.2, 0) is 19.2 Å². The summed E-state index contributed by atoms with van der Waals surface area (Å²) in [4.78, 5) is 67.7. The van der Waals surface area contributed by atoms with Crippen LogP contribution in [0.3, 0.4) is 0 Å². The number of nitrogens with two attached hydrogens (primary N) is 1. The predicted octanol–water partition coefficient (Wildman–Crippen LogP) is 2.99. The van der Waals surface area contributed by atoms with Crippen LogP contribution in [0, 0.1) is 11.8 Å². The van der Waals surface area contributed by atoms with Gasteiger partial charge in [0.15, 0.2) is 11.4 Å². The van der Waals surface area contributed by atoms with E-state index in [4.69, 9.17) is 5.73 Å². The minimum absolute atomic E-state index is 0.00239. The van der Waals surface area contributed by atoms with Crippen LogP contribution in [0.1, 0.15) is 54.4 Å². The maximum atomic E-state index is 14.2. The molecule has 0 aliphatic heterocycles. The Morgan fingerprint density at radius 2 is 1.35 bits per heavy atom. The number of phenols is 1. The zero-order valence-electron chi connectivity index (χ0n) is 35.2. The van der Waals surface area contributed by atoms with Crippen LogP contribution < -0.4 is 32.3 Å². The van der Waals surface area contributed by atoms with Gasteiger partial charge in [-0.05, 0) is 25.6 Å². The molecule has 4 aromatic rings. The normalized spacial score (nSPS) is 23.4. The fraction of sp³-hybridized carbons (Fsp3) is 0.312. The Kier molecular flexibility index (Phi) is 12.7. The van der Waals surface area contributed by atoms with Crippen molar-refractivity contribution in [3.8, 4) is 5.75 Å². The van der Waals surface area contributed by atoms with E-state index in [1.165, 1.54) is 47.0 Å². The first-order valence-electron chi connectivity index (χ1n) is 21.0. The molecule has 330 valence electrons. The summed E-state index contributed by atoms with van der Waals surface area (Å²) in [6, 6.07) is 33.1. The molecule has 0 aromatic heterocycles. The molecule has 3 amide bonds. The van der Waals surface area contributed by atoms with Crippen molar-refractivity contribution in [2.24, 2.45) is 17.6 Å². The molecule has 0 bridgehead atoms. The number of aliphatic hydroxyl groups excluding tert-OH is 3. The Bertz CT molecular complexity index is 2420. The van der Waals surface area contributed by atoms with Crippen molar-refractivity contribution in [1.29, 1.82) is 0 Å². The van der Waals surface area contributed by atoms with Gasteiger partial charge >= 0.3 is 202 Å². The van der Waals surface area contributed by atoms with Gasteiger partial charge < -0.3 is 31.3 Å². The second kappa shape index (κ2) is 17.9. The number of hydrogen-bond acceptors (Lipinski definition) is 11. The molecule has 14 nitrogen and oxygen atoms in total. The molecule has 3 aliphatic rings. The van der Waals surface area contributed by atoms with Crippen molar-refractivity contribution >= 4 is 58.2 Å². The second-order valence-corrected chi connectivity index (χ2v) is 20.9. The first-order chi connectivity index (χ1) is 30.1. The Hall–Kier alpha value is -6.18. The molecule has 3 aliphatic carbocycles. The minimum Gasteiger partial charge on any atom is -0.510 e. The van der Waals surface area contributed by atoms with Crippen LogP contribution in [0.4, 0.5) is 5.69 Å². The molecule has 0 spiro atoms. The monoisotopic (exact) mass is 876 g/mol. The molecule has 6 atom stereocenters. The smallest absolute Gasteiger partial charge is 0.510 e. The fourth-order valence-corrected chi connectivity index (χ4v) is 15.0. The van der Waals surface area contributed by atoms with Crippen molar-refractivity contribution in [2.75, 3.05) is 32.1 Å². The Labute approximate surface area is 365 Å². The summed E-state index contributed by atoms with van der Waals surface area (Å²) < 4.78 is 0. The SMILES string of the molecule is C[C@H]1c2ccc(NC(=O)CCNC(=O)CCCC[PH](c3ccccc3)(c3ccccc3)c3ccccc3)c(O)c2C(=O)C2=C(O)[C@]3(O)C(=O)C(C(N)=O)=C(O)[C@@H](N(C)C)[C@@H]3[C@@H](O)[C@@H]21. The standard InChI is InChI=1S/C48H53N4O10P/c1-27-31-22-23-32(41(55)36(31)42(56)37-35(27)43(57)39-40(52(2)3)44(58)38(47(49)61)46(60)48(39,62)45(37)59)51-34(54)24-25-50-33(53)21-13-14-26-63(28-15-7-4-8-16-28,29-17-9-5-10-18-29)30-19-11-6-12-20-30/h4-12,15-20,22-23,27,35,39-40,43,55,57-59,62-63H,13-14,21,24-26H2,1-3H3,(H2,49,61)(H,50,53)(H,51,54)/t27-,35+,39+,40-,43-,48-/m0/s1. The number of primary amides is 1. The summed E-state index contributed by atoms with van der Waals surface area (Å²) >= 11 is 0. The number of carbonyl (C=O) groups excluding carboxylic acids is 5. The van der Waals surface area contributed by atoms with Gasteiger partial charge in [0.2, 0.25) is 5.78 Å². The van der Waals surface area contributed by atoms with Crippen LogP contribution >= 0.6 is 7.26 Å².